The largest absolute Gasteiger partial charge is 0.481 e. The minimum absolute atomic E-state index is 0.0250. The average Bonchev–Trinajstić information content (AvgIpc) is 3.17. The van der Waals surface area contributed by atoms with Crippen molar-refractivity contribution >= 4 is 35.4 Å². The normalized spacial score (nSPS) is 35.3. The van der Waals surface area contributed by atoms with Gasteiger partial charge in [0.2, 0.25) is 11.7 Å². The molecule has 220 valence electrons. The zero-order chi connectivity index (χ0) is 29.5. The molecule has 0 bridgehead atoms. The average molecular weight is 562 g/mol. The number of Topliss-reactive ketones (excluding diaryl/α,β-unsaturated/α-hetero) is 1. The van der Waals surface area contributed by atoms with Crippen LogP contribution in [0.3, 0.4) is 0 Å². The third-order valence-electron chi connectivity index (χ3n) is 10.5. The fourth-order valence-electron chi connectivity index (χ4n) is 8.23. The summed E-state index contributed by atoms with van der Waals surface area (Å²) in [5.41, 5.74) is -1.07. The van der Waals surface area contributed by atoms with Crippen molar-refractivity contribution in [3.63, 3.8) is 0 Å². The van der Waals surface area contributed by atoms with Crippen LogP contribution in [0.25, 0.3) is 0 Å². The Morgan fingerprint density at radius 1 is 1.00 bits per heavy atom. The molecular formula is C29H39NO10. The first kappa shape index (κ1) is 29.9. The maximum absolute atomic E-state index is 13.3. The minimum atomic E-state index is -1.63. The fraction of sp³-hybridized carbons (Fsp3) is 0.724. The lowest BCUT2D eigenvalue weighted by Gasteiger charge is -2.58. The van der Waals surface area contributed by atoms with Gasteiger partial charge in [-0.25, -0.2) is 4.79 Å². The van der Waals surface area contributed by atoms with Crippen LogP contribution < -0.4 is 5.32 Å². The van der Waals surface area contributed by atoms with E-state index in [-0.39, 0.29) is 23.5 Å². The first-order valence-corrected chi connectivity index (χ1v) is 14.1. The molecule has 4 aliphatic rings. The Morgan fingerprint density at radius 3 is 2.38 bits per heavy atom. The predicted octanol–water partition coefficient (Wildman–Crippen LogP) is 2.19. The molecule has 0 aliphatic heterocycles. The van der Waals surface area contributed by atoms with E-state index in [9.17, 15) is 33.9 Å². The molecular weight excluding hydrogens is 522 g/mol. The van der Waals surface area contributed by atoms with Gasteiger partial charge in [-0.2, -0.15) is 0 Å². The number of carbonyl (C=O) groups is 6. The highest BCUT2D eigenvalue weighted by molar-refractivity contribution is 5.92. The highest BCUT2D eigenvalue weighted by Gasteiger charge is 2.66. The monoisotopic (exact) mass is 561 g/mol. The summed E-state index contributed by atoms with van der Waals surface area (Å²) in [4.78, 5) is 71.4. The Hall–Kier alpha value is -3.08. The van der Waals surface area contributed by atoms with Crippen LogP contribution in [0, 0.1) is 28.6 Å². The van der Waals surface area contributed by atoms with Gasteiger partial charge in [0, 0.05) is 18.3 Å². The number of fused-ring (bicyclic) bond motifs is 5. The van der Waals surface area contributed by atoms with Crippen LogP contribution >= 0.6 is 0 Å². The van der Waals surface area contributed by atoms with Crippen molar-refractivity contribution in [2.75, 3.05) is 6.61 Å². The second kappa shape index (κ2) is 11.1. The molecule has 3 saturated carbocycles. The van der Waals surface area contributed by atoms with Crippen LogP contribution in [0.5, 0.6) is 0 Å². The summed E-state index contributed by atoms with van der Waals surface area (Å²) in [5, 5.41) is 31.5. The number of nitrogens with one attached hydrogen (secondary N) is 1. The van der Waals surface area contributed by atoms with Gasteiger partial charge in [-0.05, 0) is 74.2 Å². The third kappa shape index (κ3) is 5.32. The predicted molar refractivity (Wildman–Crippen MR) is 139 cm³/mol. The summed E-state index contributed by atoms with van der Waals surface area (Å²) in [6.45, 7) is 3.61. The molecule has 40 heavy (non-hydrogen) atoms. The molecule has 0 radical (unpaired) electrons. The first-order valence-electron chi connectivity index (χ1n) is 14.1. The SMILES string of the molecule is C[C@]12CCC(=O)C=C1CCC1C2CC[C@@]2(C)C1CC[C@]2(O)C(=O)COC(=O)CCC(=O)NC(CC(=O)O)C(=O)O. The molecule has 4 N–H and O–H groups in total. The molecule has 4 aliphatic carbocycles. The van der Waals surface area contributed by atoms with Crippen LogP contribution in [0.2, 0.25) is 0 Å². The Balaban J connectivity index is 1.33. The molecule has 0 saturated heterocycles. The number of hydrogen-bond acceptors (Lipinski definition) is 8. The van der Waals surface area contributed by atoms with E-state index in [0.717, 1.165) is 25.7 Å². The van der Waals surface area contributed by atoms with E-state index in [4.69, 9.17) is 14.9 Å². The number of rotatable bonds is 10. The van der Waals surface area contributed by atoms with E-state index in [0.29, 0.717) is 31.1 Å². The maximum atomic E-state index is 13.3. The summed E-state index contributed by atoms with van der Waals surface area (Å²) in [6, 6.07) is -1.63. The lowest BCUT2D eigenvalue weighted by molar-refractivity contribution is -0.170. The number of carboxylic acid groups (broad SMARTS) is 2. The second-order valence-electron chi connectivity index (χ2n) is 12.5. The van der Waals surface area contributed by atoms with E-state index in [1.165, 1.54) is 5.57 Å². The van der Waals surface area contributed by atoms with Gasteiger partial charge in [-0.1, -0.05) is 19.4 Å². The number of ketones is 2. The van der Waals surface area contributed by atoms with Crippen molar-refractivity contribution in [3.05, 3.63) is 11.6 Å². The molecule has 0 heterocycles. The molecule has 1 amide bonds. The number of amides is 1. The van der Waals surface area contributed by atoms with Crippen molar-refractivity contribution < 1.29 is 48.8 Å². The first-order chi connectivity index (χ1) is 18.7. The summed E-state index contributed by atoms with van der Waals surface area (Å²) in [6.07, 6.45) is 5.85. The smallest absolute Gasteiger partial charge is 0.326 e. The van der Waals surface area contributed by atoms with E-state index in [1.807, 2.05) is 18.3 Å². The van der Waals surface area contributed by atoms with Crippen molar-refractivity contribution in [1.82, 2.24) is 5.32 Å². The van der Waals surface area contributed by atoms with E-state index >= 15 is 0 Å². The number of aliphatic hydroxyl groups is 1. The van der Waals surface area contributed by atoms with Crippen molar-refractivity contribution in [2.45, 2.75) is 96.1 Å². The van der Waals surface area contributed by atoms with Crippen LogP contribution in [0.15, 0.2) is 11.6 Å². The Morgan fingerprint density at radius 2 is 1.70 bits per heavy atom. The van der Waals surface area contributed by atoms with Gasteiger partial charge in [0.1, 0.15) is 11.6 Å². The lowest BCUT2D eigenvalue weighted by Crippen LogP contribution is -2.58. The van der Waals surface area contributed by atoms with Crippen LogP contribution in [0.1, 0.15) is 84.5 Å². The van der Waals surface area contributed by atoms with Crippen LogP contribution in [0.4, 0.5) is 0 Å². The minimum Gasteiger partial charge on any atom is -0.481 e. The summed E-state index contributed by atoms with van der Waals surface area (Å²) in [7, 11) is 0. The molecule has 0 aromatic carbocycles. The molecule has 0 aromatic rings. The highest BCUT2D eigenvalue weighted by atomic mass is 16.5. The number of aliphatic carboxylic acids is 2. The van der Waals surface area contributed by atoms with Gasteiger partial charge in [0.25, 0.3) is 0 Å². The Kier molecular flexibility index (Phi) is 8.27. The maximum Gasteiger partial charge on any atom is 0.326 e. The van der Waals surface area contributed by atoms with Crippen molar-refractivity contribution in [1.29, 1.82) is 0 Å². The van der Waals surface area contributed by atoms with E-state index in [2.05, 4.69) is 6.92 Å². The number of ether oxygens (including phenoxy) is 1. The molecule has 0 aromatic heterocycles. The fourth-order valence-corrected chi connectivity index (χ4v) is 8.23. The van der Waals surface area contributed by atoms with Gasteiger partial charge in [0.05, 0.1) is 12.8 Å². The Bertz CT molecular complexity index is 1150. The third-order valence-corrected chi connectivity index (χ3v) is 10.5. The summed E-state index contributed by atoms with van der Waals surface area (Å²) in [5.74, 6) is -4.08. The van der Waals surface area contributed by atoms with Crippen molar-refractivity contribution in [2.24, 2.45) is 28.6 Å². The lowest BCUT2D eigenvalue weighted by atomic mass is 9.46. The van der Waals surface area contributed by atoms with E-state index < -0.39 is 72.5 Å². The van der Waals surface area contributed by atoms with Gasteiger partial charge >= 0.3 is 17.9 Å². The van der Waals surface area contributed by atoms with Crippen LogP contribution in [-0.4, -0.2) is 69.0 Å². The zero-order valence-corrected chi connectivity index (χ0v) is 23.1. The molecule has 11 nitrogen and oxygen atoms in total. The van der Waals surface area contributed by atoms with Gasteiger partial charge < -0.3 is 25.4 Å². The molecule has 4 rings (SSSR count). The summed E-state index contributed by atoms with van der Waals surface area (Å²) >= 11 is 0. The number of hydrogen-bond donors (Lipinski definition) is 4. The molecule has 4 unspecified atom stereocenters. The number of carboxylic acids is 2. The molecule has 3 fully saturated rings. The van der Waals surface area contributed by atoms with Gasteiger partial charge in [-0.15, -0.1) is 0 Å². The van der Waals surface area contributed by atoms with Gasteiger partial charge in [-0.3, -0.25) is 24.0 Å². The quantitative estimate of drug-likeness (QED) is 0.288. The van der Waals surface area contributed by atoms with Crippen molar-refractivity contribution in [3.8, 4) is 0 Å². The van der Waals surface area contributed by atoms with E-state index in [1.54, 1.807) is 0 Å². The zero-order valence-electron chi connectivity index (χ0n) is 23.1. The Labute approximate surface area is 232 Å². The standard InChI is InChI=1S/C29H39NO10/c1-27-10-7-17(31)13-16(27)3-4-18-19(27)8-11-28(2)20(18)9-12-29(28,39)22(32)15-40-25(36)6-5-23(33)30-21(26(37)38)14-24(34)35/h13,18-21,39H,3-12,14-15H2,1-2H3,(H,30,33)(H,34,35)(H,37,38)/t18?,19?,20?,21?,27-,28-,29-/m0/s1. The molecule has 7 atom stereocenters. The number of allylic oxidation sites excluding steroid dienone is 1. The van der Waals surface area contributed by atoms with Gasteiger partial charge in [0.15, 0.2) is 12.4 Å². The topological polar surface area (TPSA) is 184 Å². The number of esters is 1. The molecule has 0 spiro atoms. The summed E-state index contributed by atoms with van der Waals surface area (Å²) < 4.78 is 5.10. The second-order valence-corrected chi connectivity index (χ2v) is 12.5. The highest BCUT2D eigenvalue weighted by Crippen LogP contribution is 2.67. The number of carbonyl (C=O) groups excluding carboxylic acids is 4. The molecule has 11 heteroatoms. The van der Waals surface area contributed by atoms with Crippen LogP contribution in [-0.2, 0) is 33.5 Å².